The molecule has 1 aromatic heterocycles. The minimum atomic E-state index is -0.499. The van der Waals surface area contributed by atoms with Gasteiger partial charge in [0, 0.05) is 5.69 Å². The number of hydrogen-bond donors (Lipinski definition) is 2. The second kappa shape index (κ2) is 6.15. The van der Waals surface area contributed by atoms with Crippen LogP contribution in [0.3, 0.4) is 0 Å². The molecule has 2 N–H and O–H groups in total. The third-order valence-corrected chi connectivity index (χ3v) is 3.59. The van der Waals surface area contributed by atoms with E-state index in [1.54, 1.807) is 31.2 Å². The van der Waals surface area contributed by atoms with Crippen LogP contribution in [0, 0.1) is 5.92 Å². The predicted molar refractivity (Wildman–Crippen MR) is 81.0 cm³/mol. The van der Waals surface area contributed by atoms with E-state index in [1.165, 1.54) is 23.7 Å². The number of nitrogens with zero attached hydrogens (tertiary/aromatic N) is 2. The van der Waals surface area contributed by atoms with E-state index in [1.807, 2.05) is 0 Å². The monoisotopic (exact) mass is 302 g/mol. The Bertz CT molecular complexity index is 717. The Balaban J connectivity index is 1.65. The number of anilines is 1. The fourth-order valence-corrected chi connectivity index (χ4v) is 2.05. The first-order chi connectivity index (χ1) is 10.6. The van der Waals surface area contributed by atoms with Crippen LogP contribution in [-0.4, -0.2) is 33.4 Å². The maximum absolute atomic E-state index is 12.1. The zero-order valence-electron chi connectivity index (χ0n) is 12.3. The molecule has 0 bridgehead atoms. The standard InChI is InChI=1S/C15H18N4O3/c1-10(22-8-11-5-6-11)14(20)17-12-3-2-4-13(7-12)19-9-16-18-15(19)21/h2-4,7,9-11H,5-6,8H2,1H3,(H,17,20)(H,18,21)/t10-/m0/s1. The first-order valence-corrected chi connectivity index (χ1v) is 7.28. The summed E-state index contributed by atoms with van der Waals surface area (Å²) < 4.78 is 6.90. The molecule has 1 aliphatic carbocycles. The van der Waals surface area contributed by atoms with E-state index < -0.39 is 6.10 Å². The van der Waals surface area contributed by atoms with Crippen LogP contribution in [0.5, 0.6) is 0 Å². The van der Waals surface area contributed by atoms with Gasteiger partial charge in [0.25, 0.3) is 5.91 Å². The molecule has 22 heavy (non-hydrogen) atoms. The van der Waals surface area contributed by atoms with Crippen molar-refractivity contribution < 1.29 is 9.53 Å². The maximum Gasteiger partial charge on any atom is 0.347 e. The molecule has 7 heteroatoms. The topological polar surface area (TPSA) is 89.0 Å². The number of carbonyl (C=O) groups is 1. The fourth-order valence-electron chi connectivity index (χ4n) is 2.05. The van der Waals surface area contributed by atoms with Crippen molar-refractivity contribution in [1.29, 1.82) is 0 Å². The normalized spacial score (nSPS) is 15.5. The highest BCUT2D eigenvalue weighted by atomic mass is 16.5. The Labute approximate surface area is 127 Å². The van der Waals surface area contributed by atoms with Crippen molar-refractivity contribution in [3.05, 3.63) is 41.1 Å². The van der Waals surface area contributed by atoms with Crippen molar-refractivity contribution in [2.75, 3.05) is 11.9 Å². The summed E-state index contributed by atoms with van der Waals surface area (Å²) in [4.78, 5) is 23.6. The molecule has 1 saturated carbocycles. The summed E-state index contributed by atoms with van der Waals surface area (Å²) in [6, 6.07) is 7.00. The lowest BCUT2D eigenvalue weighted by molar-refractivity contribution is -0.126. The maximum atomic E-state index is 12.1. The van der Waals surface area contributed by atoms with Crippen LogP contribution in [0.1, 0.15) is 19.8 Å². The van der Waals surface area contributed by atoms with Gasteiger partial charge in [0.2, 0.25) is 0 Å². The second-order valence-electron chi connectivity index (χ2n) is 5.49. The van der Waals surface area contributed by atoms with Crippen molar-refractivity contribution in [3.63, 3.8) is 0 Å². The Hall–Kier alpha value is -2.41. The Morgan fingerprint density at radius 1 is 1.55 bits per heavy atom. The van der Waals surface area contributed by atoms with Gasteiger partial charge < -0.3 is 10.1 Å². The molecule has 3 rings (SSSR count). The second-order valence-corrected chi connectivity index (χ2v) is 5.49. The number of hydrogen-bond acceptors (Lipinski definition) is 4. The highest BCUT2D eigenvalue weighted by molar-refractivity contribution is 5.94. The van der Waals surface area contributed by atoms with E-state index in [0.29, 0.717) is 23.9 Å². The molecule has 2 aromatic rings. The van der Waals surface area contributed by atoms with Crippen LogP contribution in [0.15, 0.2) is 35.4 Å². The summed E-state index contributed by atoms with van der Waals surface area (Å²) in [7, 11) is 0. The molecule has 116 valence electrons. The number of amides is 1. The SMILES string of the molecule is C[C@H](OCC1CC1)C(=O)Nc1cccc(-n2cn[nH]c2=O)c1. The van der Waals surface area contributed by atoms with Gasteiger partial charge in [0.1, 0.15) is 12.4 Å². The fraction of sp³-hybridized carbons (Fsp3) is 0.400. The Morgan fingerprint density at radius 2 is 2.36 bits per heavy atom. The first kappa shape index (κ1) is 14.5. The highest BCUT2D eigenvalue weighted by Gasteiger charge is 2.24. The average molecular weight is 302 g/mol. The molecule has 1 amide bonds. The minimum Gasteiger partial charge on any atom is -0.368 e. The van der Waals surface area contributed by atoms with E-state index in [2.05, 4.69) is 15.5 Å². The largest absolute Gasteiger partial charge is 0.368 e. The van der Waals surface area contributed by atoms with Crippen LogP contribution >= 0.6 is 0 Å². The lowest BCUT2D eigenvalue weighted by Crippen LogP contribution is -2.28. The molecule has 0 aliphatic heterocycles. The lowest BCUT2D eigenvalue weighted by atomic mass is 10.2. The molecular weight excluding hydrogens is 284 g/mol. The number of carbonyl (C=O) groups excluding carboxylic acids is 1. The minimum absolute atomic E-state index is 0.197. The van der Waals surface area contributed by atoms with E-state index in [9.17, 15) is 9.59 Å². The van der Waals surface area contributed by atoms with Crippen LogP contribution in [-0.2, 0) is 9.53 Å². The third-order valence-electron chi connectivity index (χ3n) is 3.59. The summed E-state index contributed by atoms with van der Waals surface area (Å²) in [6.45, 7) is 2.38. The smallest absolute Gasteiger partial charge is 0.347 e. The summed E-state index contributed by atoms with van der Waals surface area (Å²) in [5.74, 6) is 0.420. The summed E-state index contributed by atoms with van der Waals surface area (Å²) in [5.41, 5.74) is 0.908. The zero-order chi connectivity index (χ0) is 15.5. The van der Waals surface area contributed by atoms with Gasteiger partial charge in [0.15, 0.2) is 0 Å². The van der Waals surface area contributed by atoms with Gasteiger partial charge in [-0.3, -0.25) is 4.79 Å². The first-order valence-electron chi connectivity index (χ1n) is 7.28. The molecule has 0 unspecified atom stereocenters. The Morgan fingerprint density at radius 3 is 3.05 bits per heavy atom. The molecule has 7 nitrogen and oxygen atoms in total. The number of H-pyrrole nitrogens is 1. The molecule has 1 aliphatic rings. The van der Waals surface area contributed by atoms with Crippen LogP contribution in [0.2, 0.25) is 0 Å². The summed E-state index contributed by atoms with van der Waals surface area (Å²) in [6.07, 6.45) is 3.27. The van der Waals surface area contributed by atoms with Gasteiger partial charge in [-0.15, -0.1) is 0 Å². The van der Waals surface area contributed by atoms with Crippen molar-refractivity contribution in [1.82, 2.24) is 14.8 Å². The van der Waals surface area contributed by atoms with E-state index in [4.69, 9.17) is 4.74 Å². The van der Waals surface area contributed by atoms with Gasteiger partial charge in [-0.2, -0.15) is 5.10 Å². The van der Waals surface area contributed by atoms with Crippen LogP contribution in [0.4, 0.5) is 5.69 Å². The van der Waals surface area contributed by atoms with Crippen LogP contribution < -0.4 is 11.0 Å². The molecule has 1 atom stereocenters. The van der Waals surface area contributed by atoms with Gasteiger partial charge in [0.05, 0.1) is 12.3 Å². The molecule has 0 saturated heterocycles. The number of aromatic amines is 1. The highest BCUT2D eigenvalue weighted by Crippen LogP contribution is 2.29. The van der Waals surface area contributed by atoms with Gasteiger partial charge in [-0.25, -0.2) is 14.5 Å². The lowest BCUT2D eigenvalue weighted by Gasteiger charge is -2.13. The molecule has 1 fully saturated rings. The molecule has 0 spiro atoms. The van der Waals surface area contributed by atoms with E-state index >= 15 is 0 Å². The van der Waals surface area contributed by atoms with Crippen molar-refractivity contribution in [2.24, 2.45) is 5.92 Å². The molecule has 1 heterocycles. The van der Waals surface area contributed by atoms with Gasteiger partial charge in [-0.05, 0) is 43.9 Å². The predicted octanol–water partition coefficient (Wildman–Crippen LogP) is 1.31. The van der Waals surface area contributed by atoms with Crippen LogP contribution in [0.25, 0.3) is 5.69 Å². The summed E-state index contributed by atoms with van der Waals surface area (Å²) >= 11 is 0. The molecule has 1 aromatic carbocycles. The number of rotatable bonds is 6. The Kier molecular flexibility index (Phi) is 4.06. The average Bonchev–Trinajstić information content (AvgIpc) is 3.25. The summed E-state index contributed by atoms with van der Waals surface area (Å²) in [5, 5.41) is 8.81. The van der Waals surface area contributed by atoms with E-state index in [-0.39, 0.29) is 11.6 Å². The number of benzene rings is 1. The quantitative estimate of drug-likeness (QED) is 0.842. The zero-order valence-corrected chi connectivity index (χ0v) is 12.3. The van der Waals surface area contributed by atoms with Gasteiger partial charge in [-0.1, -0.05) is 6.07 Å². The van der Waals surface area contributed by atoms with Gasteiger partial charge >= 0.3 is 5.69 Å². The van der Waals surface area contributed by atoms with E-state index in [0.717, 1.165) is 0 Å². The number of nitrogens with one attached hydrogen (secondary N) is 2. The van der Waals surface area contributed by atoms with Crippen molar-refractivity contribution >= 4 is 11.6 Å². The van der Waals surface area contributed by atoms with Crippen molar-refractivity contribution in [3.8, 4) is 5.69 Å². The number of ether oxygens (including phenoxy) is 1. The molecular formula is C15H18N4O3. The molecule has 0 radical (unpaired) electrons. The number of aromatic nitrogens is 3. The third kappa shape index (κ3) is 3.43. The van der Waals surface area contributed by atoms with Crippen molar-refractivity contribution in [2.45, 2.75) is 25.9 Å².